The maximum atomic E-state index is 13.9. The van der Waals surface area contributed by atoms with Crippen molar-refractivity contribution in [2.45, 2.75) is 26.3 Å². The van der Waals surface area contributed by atoms with Gasteiger partial charge in [-0.25, -0.2) is 13.8 Å². The second kappa shape index (κ2) is 8.14. The largest absolute Gasteiger partial charge is 0.382 e. The average molecular weight is 407 g/mol. The van der Waals surface area contributed by atoms with Gasteiger partial charge < -0.3 is 20.3 Å². The Bertz CT molecular complexity index is 899. The molecule has 8 heteroatoms. The molecule has 0 amide bonds. The van der Waals surface area contributed by atoms with E-state index in [4.69, 9.17) is 9.73 Å². The number of thiophene rings is 1. The van der Waals surface area contributed by atoms with Crippen molar-refractivity contribution in [2.75, 3.05) is 38.2 Å². The molecule has 0 bridgehead atoms. The van der Waals surface area contributed by atoms with Crippen LogP contribution in [0.3, 0.4) is 0 Å². The zero-order valence-electron chi connectivity index (χ0n) is 16.0. The Morgan fingerprint density at radius 1 is 1.29 bits per heavy atom. The zero-order chi connectivity index (χ0) is 19.7. The van der Waals surface area contributed by atoms with Crippen LogP contribution in [0.4, 0.5) is 25.2 Å². The summed E-state index contributed by atoms with van der Waals surface area (Å²) in [5, 5.41) is 7.69. The summed E-state index contributed by atoms with van der Waals surface area (Å²) in [6.07, 6.45) is 0.918. The van der Waals surface area contributed by atoms with Gasteiger partial charge in [0.15, 0.2) is 11.6 Å². The van der Waals surface area contributed by atoms with Gasteiger partial charge in [-0.2, -0.15) is 0 Å². The molecule has 150 valence electrons. The van der Waals surface area contributed by atoms with Gasteiger partial charge in [0.25, 0.3) is 0 Å². The predicted molar refractivity (Wildman–Crippen MR) is 109 cm³/mol. The molecule has 0 aliphatic carbocycles. The summed E-state index contributed by atoms with van der Waals surface area (Å²) in [4.78, 5) is 8.14. The van der Waals surface area contributed by atoms with Crippen LogP contribution >= 0.6 is 11.3 Å². The normalized spacial score (nSPS) is 18.8. The van der Waals surface area contributed by atoms with E-state index < -0.39 is 11.6 Å². The molecule has 1 fully saturated rings. The third-order valence-corrected chi connectivity index (χ3v) is 5.95. The van der Waals surface area contributed by atoms with Gasteiger partial charge in [0.2, 0.25) is 0 Å². The number of amidine groups is 1. The van der Waals surface area contributed by atoms with Crippen LogP contribution in [-0.4, -0.2) is 49.6 Å². The fourth-order valence-corrected chi connectivity index (χ4v) is 4.54. The molecule has 2 aliphatic heterocycles. The van der Waals surface area contributed by atoms with Crippen molar-refractivity contribution >= 4 is 33.5 Å². The van der Waals surface area contributed by atoms with Crippen LogP contribution in [0.5, 0.6) is 0 Å². The second-order valence-corrected chi connectivity index (χ2v) is 8.28. The highest BCUT2D eigenvalue weighted by Gasteiger charge is 2.28. The van der Waals surface area contributed by atoms with Crippen molar-refractivity contribution in [3.63, 3.8) is 0 Å². The van der Waals surface area contributed by atoms with Gasteiger partial charge in [0.05, 0.1) is 16.9 Å². The molecule has 1 aromatic heterocycles. The first kappa shape index (κ1) is 19.3. The van der Waals surface area contributed by atoms with Crippen LogP contribution in [0.2, 0.25) is 0 Å². The van der Waals surface area contributed by atoms with E-state index in [0.29, 0.717) is 30.6 Å². The van der Waals surface area contributed by atoms with Crippen molar-refractivity contribution < 1.29 is 13.5 Å². The van der Waals surface area contributed by atoms with E-state index in [0.717, 1.165) is 53.4 Å². The SMILES string of the molecule is CCOCC[C@H]1CN(C2=Nc3cc(F)c(F)cc3Nc3sc(C)cc32)CCN1. The number of rotatable bonds is 4. The van der Waals surface area contributed by atoms with Crippen LogP contribution in [0.15, 0.2) is 23.2 Å². The molecule has 0 unspecified atom stereocenters. The second-order valence-electron chi connectivity index (χ2n) is 7.03. The van der Waals surface area contributed by atoms with Crippen LogP contribution in [0.25, 0.3) is 0 Å². The van der Waals surface area contributed by atoms with Crippen LogP contribution in [-0.2, 0) is 4.74 Å². The van der Waals surface area contributed by atoms with Crippen LogP contribution < -0.4 is 10.6 Å². The Labute approximate surface area is 167 Å². The molecule has 0 saturated carbocycles. The minimum Gasteiger partial charge on any atom is -0.382 e. The van der Waals surface area contributed by atoms with Gasteiger partial charge in [-0.1, -0.05) is 0 Å². The average Bonchev–Trinajstić information content (AvgIpc) is 2.97. The maximum absolute atomic E-state index is 13.9. The molecule has 28 heavy (non-hydrogen) atoms. The first-order valence-corrected chi connectivity index (χ1v) is 10.4. The summed E-state index contributed by atoms with van der Waals surface area (Å²) in [7, 11) is 0. The third kappa shape index (κ3) is 3.90. The number of nitrogens with one attached hydrogen (secondary N) is 2. The van der Waals surface area contributed by atoms with Gasteiger partial charge >= 0.3 is 0 Å². The highest BCUT2D eigenvalue weighted by Crippen LogP contribution is 2.40. The van der Waals surface area contributed by atoms with Crippen molar-refractivity contribution in [3.05, 3.63) is 40.3 Å². The monoisotopic (exact) mass is 406 g/mol. The summed E-state index contributed by atoms with van der Waals surface area (Å²) in [6, 6.07) is 4.72. The van der Waals surface area contributed by atoms with Crippen molar-refractivity contribution in [3.8, 4) is 0 Å². The lowest BCUT2D eigenvalue weighted by Crippen LogP contribution is -2.53. The lowest BCUT2D eigenvalue weighted by Gasteiger charge is -2.35. The van der Waals surface area contributed by atoms with E-state index in [-0.39, 0.29) is 0 Å². The highest BCUT2D eigenvalue weighted by molar-refractivity contribution is 7.16. The quantitative estimate of drug-likeness (QED) is 0.749. The van der Waals surface area contributed by atoms with Gasteiger partial charge in [-0.15, -0.1) is 11.3 Å². The lowest BCUT2D eigenvalue weighted by molar-refractivity contribution is 0.128. The van der Waals surface area contributed by atoms with E-state index in [1.807, 2.05) is 13.8 Å². The number of aryl methyl sites for hydroxylation is 1. The summed E-state index contributed by atoms with van der Waals surface area (Å²) in [5.74, 6) is -0.961. The smallest absolute Gasteiger partial charge is 0.161 e. The van der Waals surface area contributed by atoms with Crippen molar-refractivity contribution in [1.82, 2.24) is 10.2 Å². The Morgan fingerprint density at radius 2 is 2.11 bits per heavy atom. The maximum Gasteiger partial charge on any atom is 0.161 e. The topological polar surface area (TPSA) is 48.9 Å². The number of benzene rings is 1. The van der Waals surface area contributed by atoms with Crippen LogP contribution in [0, 0.1) is 18.6 Å². The molecular formula is C20H24F2N4OS. The molecule has 0 radical (unpaired) electrons. The standard InChI is InChI=1S/C20H24F2N4OS/c1-3-27-7-4-13-11-26(6-5-23-13)19-14-8-12(2)28-20(14)25-18-10-16(22)15(21)9-17(18)24-19/h8-10,13,23,25H,3-7,11H2,1-2H3/t13-/m0/s1. The summed E-state index contributed by atoms with van der Waals surface area (Å²) in [5.41, 5.74) is 1.88. The lowest BCUT2D eigenvalue weighted by atomic mass is 10.1. The van der Waals surface area contributed by atoms with Gasteiger partial charge in [0.1, 0.15) is 10.8 Å². The molecule has 1 atom stereocenters. The molecule has 5 nitrogen and oxygen atoms in total. The molecule has 1 aromatic carbocycles. The number of piperazine rings is 1. The molecule has 2 N–H and O–H groups in total. The number of anilines is 2. The number of ether oxygens (including phenoxy) is 1. The van der Waals surface area contributed by atoms with E-state index >= 15 is 0 Å². The van der Waals surface area contributed by atoms with Crippen molar-refractivity contribution in [2.24, 2.45) is 4.99 Å². The van der Waals surface area contributed by atoms with E-state index in [9.17, 15) is 8.78 Å². The fourth-order valence-electron chi connectivity index (χ4n) is 3.62. The number of aliphatic imine (C=N–C) groups is 1. The van der Waals surface area contributed by atoms with Crippen molar-refractivity contribution in [1.29, 1.82) is 0 Å². The van der Waals surface area contributed by atoms with Gasteiger partial charge in [-0.3, -0.25) is 0 Å². The molecule has 1 saturated heterocycles. The minimum atomic E-state index is -0.889. The molecule has 0 spiro atoms. The Kier molecular flexibility index (Phi) is 5.61. The summed E-state index contributed by atoms with van der Waals surface area (Å²) >= 11 is 1.59. The zero-order valence-corrected chi connectivity index (χ0v) is 16.8. The molecule has 3 heterocycles. The van der Waals surface area contributed by atoms with Crippen LogP contribution in [0.1, 0.15) is 23.8 Å². The minimum absolute atomic E-state index is 0.298. The predicted octanol–water partition coefficient (Wildman–Crippen LogP) is 4.17. The Balaban J connectivity index is 1.68. The third-order valence-electron chi connectivity index (χ3n) is 4.98. The van der Waals surface area contributed by atoms with E-state index in [2.05, 4.69) is 21.6 Å². The summed E-state index contributed by atoms with van der Waals surface area (Å²) in [6.45, 7) is 7.89. The number of hydrogen-bond donors (Lipinski definition) is 2. The number of fused-ring (bicyclic) bond motifs is 2. The molecular weight excluding hydrogens is 382 g/mol. The Hall–Kier alpha value is -2.03. The molecule has 2 aromatic rings. The molecule has 2 aliphatic rings. The summed E-state index contributed by atoms with van der Waals surface area (Å²) < 4.78 is 33.1. The highest BCUT2D eigenvalue weighted by atomic mass is 32.1. The van der Waals surface area contributed by atoms with E-state index in [1.165, 1.54) is 6.07 Å². The first-order valence-electron chi connectivity index (χ1n) is 9.56. The number of hydrogen-bond acceptors (Lipinski definition) is 6. The first-order chi connectivity index (χ1) is 13.5. The molecule has 4 rings (SSSR count). The van der Waals surface area contributed by atoms with E-state index in [1.54, 1.807) is 11.3 Å². The Morgan fingerprint density at radius 3 is 2.93 bits per heavy atom. The van der Waals surface area contributed by atoms with Gasteiger partial charge in [-0.05, 0) is 26.3 Å². The number of nitrogens with zero attached hydrogens (tertiary/aromatic N) is 2. The van der Waals surface area contributed by atoms with Gasteiger partial charge in [0, 0.05) is 55.9 Å². The fraction of sp³-hybridized carbons (Fsp3) is 0.450. The number of halogens is 2.